The van der Waals surface area contributed by atoms with Crippen molar-refractivity contribution in [3.05, 3.63) is 35.4 Å². The number of hydrogen-bond donors (Lipinski definition) is 3. The summed E-state index contributed by atoms with van der Waals surface area (Å²) in [5.41, 5.74) is 1.17. The van der Waals surface area contributed by atoms with Gasteiger partial charge in [0.1, 0.15) is 0 Å². The molecule has 24 heavy (non-hydrogen) atoms. The van der Waals surface area contributed by atoms with Gasteiger partial charge in [-0.2, -0.15) is 0 Å². The molecule has 0 radical (unpaired) electrons. The fraction of sp³-hybridized carbons (Fsp3) is 0.556. The molecule has 0 heterocycles. The maximum Gasteiger partial charge on any atom is 0.335 e. The lowest BCUT2D eigenvalue weighted by Crippen LogP contribution is -2.55. The third-order valence-electron chi connectivity index (χ3n) is 4.96. The van der Waals surface area contributed by atoms with Crippen LogP contribution >= 0.6 is 0 Å². The largest absolute Gasteiger partial charge is 0.478 e. The Hall–Kier alpha value is -2.08. The summed E-state index contributed by atoms with van der Waals surface area (Å²) < 4.78 is 0. The van der Waals surface area contributed by atoms with Crippen LogP contribution in [0.2, 0.25) is 0 Å². The molecule has 1 fully saturated rings. The lowest BCUT2D eigenvalue weighted by atomic mass is 9.80. The summed E-state index contributed by atoms with van der Waals surface area (Å²) in [6.07, 6.45) is 5.90. The van der Waals surface area contributed by atoms with E-state index in [1.165, 1.54) is 19.3 Å². The Kier molecular flexibility index (Phi) is 6.20. The number of likely N-dealkylation sites (N-methyl/N-ethyl adjacent to an activating group) is 1. The Morgan fingerprint density at radius 2 is 1.71 bits per heavy atom. The molecule has 0 aromatic heterocycles. The van der Waals surface area contributed by atoms with Gasteiger partial charge in [-0.25, -0.2) is 9.59 Å². The molecule has 2 rings (SSSR count). The van der Waals surface area contributed by atoms with E-state index in [2.05, 4.69) is 29.6 Å². The van der Waals surface area contributed by atoms with E-state index in [4.69, 9.17) is 5.11 Å². The van der Waals surface area contributed by atoms with Crippen molar-refractivity contribution in [3.8, 4) is 0 Å². The molecule has 0 aliphatic heterocycles. The van der Waals surface area contributed by atoms with Crippen LogP contribution in [-0.2, 0) is 6.54 Å². The lowest BCUT2D eigenvalue weighted by Gasteiger charge is -2.43. The second-order valence-corrected chi connectivity index (χ2v) is 6.72. The molecule has 1 saturated carbocycles. The number of amides is 2. The van der Waals surface area contributed by atoms with Gasteiger partial charge in [-0.1, -0.05) is 31.4 Å². The van der Waals surface area contributed by atoms with Crippen LogP contribution in [0.15, 0.2) is 24.3 Å². The molecule has 3 N–H and O–H groups in total. The Bertz CT molecular complexity index is 563. The highest BCUT2D eigenvalue weighted by atomic mass is 16.4. The average molecular weight is 333 g/mol. The lowest BCUT2D eigenvalue weighted by molar-refractivity contribution is 0.0697. The fourth-order valence-electron chi connectivity index (χ4n) is 3.25. The molecule has 1 aromatic rings. The zero-order chi connectivity index (χ0) is 17.6. The second-order valence-electron chi connectivity index (χ2n) is 6.72. The van der Waals surface area contributed by atoms with E-state index < -0.39 is 5.97 Å². The van der Waals surface area contributed by atoms with Crippen LogP contribution < -0.4 is 10.6 Å². The van der Waals surface area contributed by atoms with Gasteiger partial charge in [-0.3, -0.25) is 0 Å². The Morgan fingerprint density at radius 3 is 2.25 bits per heavy atom. The third kappa shape index (κ3) is 4.71. The first-order valence-electron chi connectivity index (χ1n) is 8.44. The van der Waals surface area contributed by atoms with Gasteiger partial charge in [0.15, 0.2) is 0 Å². The van der Waals surface area contributed by atoms with Gasteiger partial charge >= 0.3 is 12.0 Å². The Morgan fingerprint density at radius 1 is 1.08 bits per heavy atom. The summed E-state index contributed by atoms with van der Waals surface area (Å²) >= 11 is 0. The number of nitrogens with zero attached hydrogens (tertiary/aromatic N) is 1. The van der Waals surface area contributed by atoms with Gasteiger partial charge in [-0.05, 0) is 44.6 Å². The molecule has 0 unspecified atom stereocenters. The topological polar surface area (TPSA) is 81.7 Å². The number of hydrogen-bond acceptors (Lipinski definition) is 3. The average Bonchev–Trinajstić information content (AvgIpc) is 2.59. The fourth-order valence-corrected chi connectivity index (χ4v) is 3.25. The molecular formula is C18H27N3O3. The summed E-state index contributed by atoms with van der Waals surface area (Å²) in [6.45, 7) is 1.02. The number of carbonyl (C=O) groups excluding carboxylic acids is 1. The van der Waals surface area contributed by atoms with Crippen molar-refractivity contribution in [3.63, 3.8) is 0 Å². The SMILES string of the molecule is CN(C)C1(CNC(=O)NCc2ccc(C(=O)O)cc2)CCCCC1. The maximum atomic E-state index is 12.1. The van der Waals surface area contributed by atoms with Crippen molar-refractivity contribution >= 4 is 12.0 Å². The van der Waals surface area contributed by atoms with Crippen LogP contribution in [0.1, 0.15) is 48.0 Å². The number of nitrogens with one attached hydrogen (secondary N) is 2. The number of carbonyl (C=O) groups is 2. The van der Waals surface area contributed by atoms with E-state index in [-0.39, 0.29) is 17.1 Å². The molecule has 1 aliphatic carbocycles. The monoisotopic (exact) mass is 333 g/mol. The van der Waals surface area contributed by atoms with Crippen molar-refractivity contribution in [1.82, 2.24) is 15.5 Å². The van der Waals surface area contributed by atoms with E-state index in [1.807, 2.05) is 0 Å². The van der Waals surface area contributed by atoms with Gasteiger partial charge in [0.2, 0.25) is 0 Å². The smallest absolute Gasteiger partial charge is 0.335 e. The minimum absolute atomic E-state index is 0.0543. The number of benzene rings is 1. The highest BCUT2D eigenvalue weighted by Gasteiger charge is 2.34. The van der Waals surface area contributed by atoms with Crippen LogP contribution in [0.25, 0.3) is 0 Å². The van der Waals surface area contributed by atoms with Gasteiger partial charge in [0.25, 0.3) is 0 Å². The number of carboxylic acid groups (broad SMARTS) is 1. The van der Waals surface area contributed by atoms with Crippen LogP contribution in [0.3, 0.4) is 0 Å². The van der Waals surface area contributed by atoms with Crippen molar-refractivity contribution in [2.75, 3.05) is 20.6 Å². The zero-order valence-corrected chi connectivity index (χ0v) is 14.5. The molecular weight excluding hydrogens is 306 g/mol. The van der Waals surface area contributed by atoms with E-state index in [1.54, 1.807) is 24.3 Å². The van der Waals surface area contributed by atoms with Gasteiger partial charge in [0, 0.05) is 18.6 Å². The second kappa shape index (κ2) is 8.15. The normalized spacial score (nSPS) is 16.6. The highest BCUT2D eigenvalue weighted by molar-refractivity contribution is 5.87. The maximum absolute atomic E-state index is 12.1. The van der Waals surface area contributed by atoms with Crippen molar-refractivity contribution < 1.29 is 14.7 Å². The molecule has 1 aromatic carbocycles. The Balaban J connectivity index is 1.81. The van der Waals surface area contributed by atoms with E-state index in [9.17, 15) is 9.59 Å². The van der Waals surface area contributed by atoms with E-state index in [0.29, 0.717) is 13.1 Å². The third-order valence-corrected chi connectivity index (χ3v) is 4.96. The number of rotatable bonds is 6. The molecule has 6 nitrogen and oxygen atoms in total. The highest BCUT2D eigenvalue weighted by Crippen LogP contribution is 2.31. The standard InChI is InChI=1S/C18H27N3O3/c1-21(2)18(10-4-3-5-11-18)13-20-17(24)19-12-14-6-8-15(9-7-14)16(22)23/h6-9H,3-5,10-13H2,1-2H3,(H,22,23)(H2,19,20,24). The number of aromatic carboxylic acids is 1. The molecule has 0 spiro atoms. The quantitative estimate of drug-likeness (QED) is 0.747. The Labute approximate surface area is 143 Å². The predicted molar refractivity (Wildman–Crippen MR) is 93.1 cm³/mol. The minimum Gasteiger partial charge on any atom is -0.478 e. The minimum atomic E-state index is -0.950. The van der Waals surface area contributed by atoms with E-state index in [0.717, 1.165) is 18.4 Å². The van der Waals surface area contributed by atoms with Crippen LogP contribution in [0.5, 0.6) is 0 Å². The number of carboxylic acids is 1. The van der Waals surface area contributed by atoms with Crippen molar-refractivity contribution in [2.24, 2.45) is 0 Å². The summed E-state index contributed by atoms with van der Waals surface area (Å²) in [6, 6.07) is 6.32. The molecule has 1 aliphatic rings. The van der Waals surface area contributed by atoms with Crippen LogP contribution in [-0.4, -0.2) is 48.2 Å². The summed E-state index contributed by atoms with van der Waals surface area (Å²) in [5.74, 6) is -0.950. The van der Waals surface area contributed by atoms with Gasteiger partial charge < -0.3 is 20.6 Å². The van der Waals surface area contributed by atoms with Crippen molar-refractivity contribution in [2.45, 2.75) is 44.2 Å². The first-order chi connectivity index (χ1) is 11.4. The molecule has 2 amide bonds. The predicted octanol–water partition coefficient (Wildman–Crippen LogP) is 2.45. The van der Waals surface area contributed by atoms with Gasteiger partial charge in [-0.15, -0.1) is 0 Å². The zero-order valence-electron chi connectivity index (χ0n) is 14.5. The molecule has 132 valence electrons. The molecule has 0 saturated heterocycles. The summed E-state index contributed by atoms with van der Waals surface area (Å²) in [7, 11) is 4.16. The van der Waals surface area contributed by atoms with E-state index >= 15 is 0 Å². The van der Waals surface area contributed by atoms with Gasteiger partial charge in [0.05, 0.1) is 5.56 Å². The molecule has 6 heteroatoms. The van der Waals surface area contributed by atoms with Crippen LogP contribution in [0.4, 0.5) is 4.79 Å². The first kappa shape index (κ1) is 18.3. The van der Waals surface area contributed by atoms with Crippen molar-refractivity contribution in [1.29, 1.82) is 0 Å². The molecule has 0 atom stereocenters. The number of urea groups is 1. The molecule has 0 bridgehead atoms. The first-order valence-corrected chi connectivity index (χ1v) is 8.44. The summed E-state index contributed by atoms with van der Waals surface area (Å²) in [4.78, 5) is 25.1. The summed E-state index contributed by atoms with van der Waals surface area (Å²) in [5, 5.41) is 14.7. The van der Waals surface area contributed by atoms with Crippen LogP contribution in [0, 0.1) is 0 Å².